The molecule has 1 atom stereocenters. The Morgan fingerprint density at radius 3 is 2.16 bits per heavy atom. The third-order valence-corrected chi connectivity index (χ3v) is 5.69. The molecule has 7 nitrogen and oxygen atoms in total. The van der Waals surface area contributed by atoms with Gasteiger partial charge in [-0.2, -0.15) is 4.98 Å². The summed E-state index contributed by atoms with van der Waals surface area (Å²) in [6, 6.07) is 11.8. The molecule has 0 spiro atoms. The molecule has 0 amide bonds. The van der Waals surface area contributed by atoms with E-state index in [4.69, 9.17) is 21.7 Å². The lowest BCUT2D eigenvalue weighted by molar-refractivity contribution is 0.351. The topological polar surface area (TPSA) is 104 Å². The lowest BCUT2D eigenvalue weighted by atomic mass is 9.72. The summed E-state index contributed by atoms with van der Waals surface area (Å²) in [5.74, 6) is 3.99. The van der Waals surface area contributed by atoms with Gasteiger partial charge in [-0.05, 0) is 36.1 Å². The fraction of sp³-hybridized carbons (Fsp3) is 0.208. The second-order valence-electron chi connectivity index (χ2n) is 7.76. The molecule has 0 aliphatic carbocycles. The minimum Gasteiger partial charge on any atom is -0.368 e. The second-order valence-corrected chi connectivity index (χ2v) is 7.76. The van der Waals surface area contributed by atoms with Gasteiger partial charge in [0.25, 0.3) is 5.89 Å². The molecule has 2 N–H and O–H groups in total. The monoisotopic (exact) mass is 410 g/mol. The first kappa shape index (κ1) is 20.2. The Morgan fingerprint density at radius 1 is 0.935 bits per heavy atom. The molecule has 1 unspecified atom stereocenters. The van der Waals surface area contributed by atoms with Crippen molar-refractivity contribution in [2.75, 3.05) is 5.73 Å². The average Bonchev–Trinajstić information content (AvgIpc) is 3.30. The number of aromatic nitrogens is 5. The van der Waals surface area contributed by atoms with Gasteiger partial charge in [-0.3, -0.25) is 0 Å². The Morgan fingerprint density at radius 2 is 1.58 bits per heavy atom. The maximum Gasteiger partial charge on any atom is 0.259 e. The first-order valence-electron chi connectivity index (χ1n) is 9.87. The number of nitrogens with zero attached hydrogens (tertiary/aromatic N) is 5. The normalized spacial score (nSPS) is 13.0. The van der Waals surface area contributed by atoms with Crippen molar-refractivity contribution >= 4 is 5.95 Å². The molecule has 0 saturated carbocycles. The molecule has 154 valence electrons. The van der Waals surface area contributed by atoms with Crippen LogP contribution in [0.4, 0.5) is 5.95 Å². The summed E-state index contributed by atoms with van der Waals surface area (Å²) < 4.78 is 5.57. The van der Waals surface area contributed by atoms with Crippen molar-refractivity contribution in [2.45, 2.75) is 26.2 Å². The quantitative estimate of drug-likeness (QED) is 0.494. The minimum absolute atomic E-state index is 0.214. The lowest BCUT2D eigenvalue weighted by Gasteiger charge is -2.31. The Bertz CT molecular complexity index is 1220. The number of benzene rings is 1. The van der Waals surface area contributed by atoms with Crippen LogP contribution >= 0.6 is 0 Å². The number of nitrogen functional groups attached to an aromatic ring is 1. The van der Waals surface area contributed by atoms with Crippen molar-refractivity contribution in [1.82, 2.24) is 25.1 Å². The summed E-state index contributed by atoms with van der Waals surface area (Å²) in [5.41, 5.74) is 9.39. The van der Waals surface area contributed by atoms with Gasteiger partial charge in [-0.15, -0.1) is 6.42 Å². The van der Waals surface area contributed by atoms with Crippen LogP contribution in [0.15, 0.2) is 59.5 Å². The molecule has 31 heavy (non-hydrogen) atoms. The molecule has 1 aromatic carbocycles. The molecule has 7 heteroatoms. The first-order valence-corrected chi connectivity index (χ1v) is 9.87. The second kappa shape index (κ2) is 8.00. The van der Waals surface area contributed by atoms with Gasteiger partial charge < -0.3 is 10.3 Å². The van der Waals surface area contributed by atoms with Gasteiger partial charge in [0.2, 0.25) is 5.95 Å². The van der Waals surface area contributed by atoms with Gasteiger partial charge in [0, 0.05) is 24.2 Å². The van der Waals surface area contributed by atoms with E-state index in [2.05, 4.69) is 58.9 Å². The van der Waals surface area contributed by atoms with Gasteiger partial charge >= 0.3 is 0 Å². The third-order valence-electron chi connectivity index (χ3n) is 5.69. The highest BCUT2D eigenvalue weighted by molar-refractivity contribution is 5.62. The lowest BCUT2D eigenvalue weighted by Crippen LogP contribution is -2.31. The number of hydrogen-bond acceptors (Lipinski definition) is 7. The molecule has 0 aliphatic rings. The highest BCUT2D eigenvalue weighted by Gasteiger charge is 2.37. The minimum atomic E-state index is -0.454. The highest BCUT2D eigenvalue weighted by Crippen LogP contribution is 2.38. The van der Waals surface area contributed by atoms with Crippen molar-refractivity contribution in [3.8, 4) is 34.9 Å². The zero-order valence-corrected chi connectivity index (χ0v) is 17.6. The van der Waals surface area contributed by atoms with E-state index in [0.29, 0.717) is 17.4 Å². The van der Waals surface area contributed by atoms with Crippen LogP contribution in [0.1, 0.15) is 37.9 Å². The molecular weight excluding hydrogens is 388 g/mol. The van der Waals surface area contributed by atoms with Crippen LogP contribution in [0.3, 0.4) is 0 Å². The largest absolute Gasteiger partial charge is 0.368 e. The highest BCUT2D eigenvalue weighted by atomic mass is 16.5. The number of terminal acetylenes is 1. The zero-order chi connectivity index (χ0) is 22.0. The molecule has 0 fully saturated rings. The summed E-state index contributed by atoms with van der Waals surface area (Å²) in [6.07, 6.45) is 10.4. The first-order chi connectivity index (χ1) is 14.9. The van der Waals surface area contributed by atoms with Gasteiger partial charge in [-0.25, -0.2) is 15.0 Å². The van der Waals surface area contributed by atoms with E-state index in [1.165, 1.54) is 0 Å². The Hall–Kier alpha value is -4.05. The van der Waals surface area contributed by atoms with E-state index in [9.17, 15) is 0 Å². The Labute approximate surface area is 180 Å². The molecular formula is C24H22N6O. The number of pyridine rings is 1. The van der Waals surface area contributed by atoms with Gasteiger partial charge in [0.15, 0.2) is 5.82 Å². The van der Waals surface area contributed by atoms with E-state index < -0.39 is 5.41 Å². The van der Waals surface area contributed by atoms with Crippen molar-refractivity contribution in [3.63, 3.8) is 0 Å². The molecule has 3 aromatic heterocycles. The van der Waals surface area contributed by atoms with E-state index in [-0.39, 0.29) is 11.9 Å². The van der Waals surface area contributed by atoms with E-state index >= 15 is 0 Å². The number of hydrogen-bond donors (Lipinski definition) is 1. The molecule has 4 rings (SSSR count). The summed E-state index contributed by atoms with van der Waals surface area (Å²) in [4.78, 5) is 17.0. The predicted octanol–water partition coefficient (Wildman–Crippen LogP) is 4.11. The molecule has 0 saturated heterocycles. The molecule has 4 aromatic rings. The fourth-order valence-electron chi connectivity index (χ4n) is 3.37. The van der Waals surface area contributed by atoms with Gasteiger partial charge in [0.05, 0.1) is 11.0 Å². The van der Waals surface area contributed by atoms with Crippen LogP contribution in [-0.4, -0.2) is 25.1 Å². The summed E-state index contributed by atoms with van der Waals surface area (Å²) in [7, 11) is 0. The average molecular weight is 410 g/mol. The molecule has 0 bridgehead atoms. The SMILES string of the molecule is C#Cc1ccc(-c2nc(C(C)(c3ccc(-c4cnc(N)nc4)cc3)C(C)C)no2)cn1. The molecule has 3 heterocycles. The standard InChI is InChI=1S/C24H22N6O/c1-5-20-11-8-17(12-26-20)21-29-22(30-31-21)24(4,15(2)3)19-9-6-16(7-10-19)18-13-27-23(25)28-14-18/h1,6-15H,2-4H3,(H2,25,27,28). The van der Waals surface area contributed by atoms with Gasteiger partial charge in [0.1, 0.15) is 5.69 Å². The van der Waals surface area contributed by atoms with E-state index in [0.717, 1.165) is 22.3 Å². The van der Waals surface area contributed by atoms with Crippen molar-refractivity contribution in [2.24, 2.45) is 5.92 Å². The van der Waals surface area contributed by atoms with Crippen molar-refractivity contribution in [3.05, 3.63) is 72.1 Å². The van der Waals surface area contributed by atoms with Crippen LogP contribution in [0.25, 0.3) is 22.6 Å². The number of rotatable bonds is 5. The third kappa shape index (κ3) is 3.76. The summed E-state index contributed by atoms with van der Waals surface area (Å²) >= 11 is 0. The van der Waals surface area contributed by atoms with E-state index in [1.807, 2.05) is 18.2 Å². The van der Waals surface area contributed by atoms with Crippen molar-refractivity contribution in [1.29, 1.82) is 0 Å². The summed E-state index contributed by atoms with van der Waals surface area (Å²) in [6.45, 7) is 6.40. The Balaban J connectivity index is 1.68. The Kier molecular flexibility index (Phi) is 5.22. The molecule has 0 radical (unpaired) electrons. The van der Waals surface area contributed by atoms with Crippen molar-refractivity contribution < 1.29 is 4.52 Å². The molecule has 0 aliphatic heterocycles. The summed E-state index contributed by atoms with van der Waals surface area (Å²) in [5, 5.41) is 4.31. The number of nitrogens with two attached hydrogens (primary N) is 1. The van der Waals surface area contributed by atoms with Crippen LogP contribution in [-0.2, 0) is 5.41 Å². The van der Waals surface area contributed by atoms with Crippen LogP contribution in [0, 0.1) is 18.3 Å². The van der Waals surface area contributed by atoms with E-state index in [1.54, 1.807) is 24.7 Å². The van der Waals surface area contributed by atoms with Crippen LogP contribution in [0.5, 0.6) is 0 Å². The number of anilines is 1. The fourth-order valence-corrected chi connectivity index (χ4v) is 3.37. The maximum atomic E-state index is 5.58. The zero-order valence-electron chi connectivity index (χ0n) is 17.6. The predicted molar refractivity (Wildman–Crippen MR) is 119 cm³/mol. The van der Waals surface area contributed by atoms with Crippen LogP contribution in [0.2, 0.25) is 0 Å². The van der Waals surface area contributed by atoms with Crippen LogP contribution < -0.4 is 5.73 Å². The van der Waals surface area contributed by atoms with Gasteiger partial charge in [-0.1, -0.05) is 49.2 Å². The smallest absolute Gasteiger partial charge is 0.259 e. The maximum absolute atomic E-state index is 5.58.